The van der Waals surface area contributed by atoms with Crippen LogP contribution in [0.3, 0.4) is 0 Å². The summed E-state index contributed by atoms with van der Waals surface area (Å²) >= 11 is 0. The number of benzene rings is 2. The highest BCUT2D eigenvalue weighted by Gasteiger charge is 2.31. The zero-order valence-electron chi connectivity index (χ0n) is 20.3. The first-order chi connectivity index (χ1) is 16.2. The summed E-state index contributed by atoms with van der Waals surface area (Å²) in [6, 6.07) is 13.5. The van der Waals surface area contributed by atoms with Crippen LogP contribution in [0.4, 0.5) is 17.5 Å². The zero-order valence-corrected chi connectivity index (χ0v) is 21.1. The molecule has 1 aliphatic heterocycles. The molecule has 0 unspecified atom stereocenters. The molecule has 1 fully saturated rings. The fourth-order valence-electron chi connectivity index (χ4n) is 4.12. The molecule has 0 amide bonds. The van der Waals surface area contributed by atoms with Gasteiger partial charge in [-0.15, -0.1) is 0 Å². The minimum absolute atomic E-state index is 0.291. The van der Waals surface area contributed by atoms with Gasteiger partial charge in [-0.3, -0.25) is 0 Å². The van der Waals surface area contributed by atoms with Gasteiger partial charge in [0.2, 0.25) is 16.0 Å². The molecule has 1 saturated heterocycles. The third-order valence-corrected chi connectivity index (χ3v) is 8.04. The van der Waals surface area contributed by atoms with E-state index in [1.54, 1.807) is 13.2 Å². The molecular formula is C25H31N5O3S. The molecule has 0 spiro atoms. The average molecular weight is 482 g/mol. The van der Waals surface area contributed by atoms with E-state index in [2.05, 4.69) is 15.3 Å². The lowest BCUT2D eigenvalue weighted by atomic mass is 10.1. The molecule has 0 atom stereocenters. The first kappa shape index (κ1) is 24.0. The molecule has 2 aromatic carbocycles. The number of ether oxygens (including phenoxy) is 1. The average Bonchev–Trinajstić information content (AvgIpc) is 2.80. The Morgan fingerprint density at radius 3 is 2.21 bits per heavy atom. The summed E-state index contributed by atoms with van der Waals surface area (Å²) in [6.07, 6.45) is 0. The van der Waals surface area contributed by atoms with Crippen molar-refractivity contribution in [2.75, 3.05) is 43.5 Å². The van der Waals surface area contributed by atoms with E-state index in [0.717, 1.165) is 22.5 Å². The van der Waals surface area contributed by atoms with E-state index in [4.69, 9.17) is 4.74 Å². The normalized spacial score (nSPS) is 14.8. The lowest BCUT2D eigenvalue weighted by molar-refractivity contribution is 0.381. The Kier molecular flexibility index (Phi) is 6.77. The predicted octanol–water partition coefficient (Wildman–Crippen LogP) is 3.97. The van der Waals surface area contributed by atoms with E-state index >= 15 is 0 Å². The zero-order chi connectivity index (χ0) is 24.5. The number of rotatable bonds is 6. The molecule has 0 saturated carbocycles. The van der Waals surface area contributed by atoms with Crippen molar-refractivity contribution in [3.05, 3.63) is 64.8 Å². The maximum atomic E-state index is 13.4. The number of nitrogens with zero attached hydrogens (tertiary/aromatic N) is 4. The second kappa shape index (κ2) is 9.60. The molecule has 8 nitrogen and oxygen atoms in total. The van der Waals surface area contributed by atoms with E-state index < -0.39 is 10.0 Å². The van der Waals surface area contributed by atoms with Crippen molar-refractivity contribution in [2.45, 2.75) is 32.6 Å². The van der Waals surface area contributed by atoms with Crippen molar-refractivity contribution < 1.29 is 13.2 Å². The van der Waals surface area contributed by atoms with E-state index in [9.17, 15) is 8.42 Å². The molecule has 1 aliphatic rings. The monoisotopic (exact) mass is 481 g/mol. The van der Waals surface area contributed by atoms with Crippen molar-refractivity contribution in [2.24, 2.45) is 0 Å². The lowest BCUT2D eigenvalue weighted by Gasteiger charge is -2.34. The summed E-state index contributed by atoms with van der Waals surface area (Å²) in [5, 5.41) is 3.33. The summed E-state index contributed by atoms with van der Waals surface area (Å²) in [4.78, 5) is 11.6. The number of aromatic nitrogens is 2. The third-order valence-electron chi connectivity index (χ3n) is 6.00. The summed E-state index contributed by atoms with van der Waals surface area (Å²) in [5.74, 6) is 1.88. The molecule has 1 aromatic heterocycles. The molecule has 1 N–H and O–H groups in total. The van der Waals surface area contributed by atoms with Crippen LogP contribution in [-0.2, 0) is 10.0 Å². The van der Waals surface area contributed by atoms with Gasteiger partial charge in [0.15, 0.2) is 0 Å². The Labute approximate surface area is 201 Å². The van der Waals surface area contributed by atoms with Crippen LogP contribution in [0.2, 0.25) is 0 Å². The number of hydrogen-bond donors (Lipinski definition) is 1. The predicted molar refractivity (Wildman–Crippen MR) is 135 cm³/mol. The van der Waals surface area contributed by atoms with Gasteiger partial charge in [0, 0.05) is 49.7 Å². The molecule has 34 heavy (non-hydrogen) atoms. The smallest absolute Gasteiger partial charge is 0.243 e. The van der Waals surface area contributed by atoms with Crippen LogP contribution >= 0.6 is 0 Å². The summed E-state index contributed by atoms with van der Waals surface area (Å²) in [6.45, 7) is 9.44. The highest BCUT2D eigenvalue weighted by Crippen LogP contribution is 2.29. The molecule has 180 valence electrons. The SMILES string of the molecule is COc1cc(S(=O)(=O)N2CCN(c3nc(C)cc(Nc4ccc(C)cc4)n3)CC2)c(C)cc1C. The van der Waals surface area contributed by atoms with Gasteiger partial charge in [0.25, 0.3) is 0 Å². The molecule has 4 rings (SSSR count). The first-order valence-electron chi connectivity index (χ1n) is 11.3. The Morgan fingerprint density at radius 1 is 0.882 bits per heavy atom. The second-order valence-corrected chi connectivity index (χ2v) is 10.6. The summed E-state index contributed by atoms with van der Waals surface area (Å²) in [7, 11) is -2.08. The highest BCUT2D eigenvalue weighted by atomic mass is 32.2. The first-order valence-corrected chi connectivity index (χ1v) is 12.7. The minimum Gasteiger partial charge on any atom is -0.496 e. The number of piperazine rings is 1. The number of nitrogens with one attached hydrogen (secondary N) is 1. The van der Waals surface area contributed by atoms with Crippen LogP contribution in [0, 0.1) is 27.7 Å². The van der Waals surface area contributed by atoms with Crippen LogP contribution in [0.1, 0.15) is 22.4 Å². The summed E-state index contributed by atoms with van der Waals surface area (Å²) in [5.41, 5.74) is 4.62. The van der Waals surface area contributed by atoms with E-state index in [-0.39, 0.29) is 0 Å². The van der Waals surface area contributed by atoms with Crippen LogP contribution in [-0.4, -0.2) is 56.0 Å². The van der Waals surface area contributed by atoms with Crippen molar-refractivity contribution in [3.8, 4) is 5.75 Å². The maximum absolute atomic E-state index is 13.4. The number of aryl methyl sites for hydroxylation is 4. The maximum Gasteiger partial charge on any atom is 0.243 e. The molecule has 2 heterocycles. The van der Waals surface area contributed by atoms with Gasteiger partial charge in [-0.25, -0.2) is 13.4 Å². The number of sulfonamides is 1. The van der Waals surface area contributed by atoms with Gasteiger partial charge in [-0.1, -0.05) is 23.8 Å². The number of anilines is 3. The van der Waals surface area contributed by atoms with E-state index in [1.165, 1.54) is 9.87 Å². The van der Waals surface area contributed by atoms with Gasteiger partial charge >= 0.3 is 0 Å². The molecule has 3 aromatic rings. The van der Waals surface area contributed by atoms with Gasteiger partial charge < -0.3 is 15.0 Å². The van der Waals surface area contributed by atoms with Gasteiger partial charge in [-0.2, -0.15) is 9.29 Å². The topological polar surface area (TPSA) is 87.7 Å². The van der Waals surface area contributed by atoms with Crippen LogP contribution in [0.25, 0.3) is 0 Å². The van der Waals surface area contributed by atoms with E-state index in [1.807, 2.05) is 69.0 Å². The minimum atomic E-state index is -3.63. The van der Waals surface area contributed by atoms with Crippen molar-refractivity contribution in [3.63, 3.8) is 0 Å². The summed E-state index contributed by atoms with van der Waals surface area (Å²) < 4.78 is 33.6. The fourth-order valence-corrected chi connectivity index (χ4v) is 5.77. The quantitative estimate of drug-likeness (QED) is 0.570. The Balaban J connectivity index is 1.49. The lowest BCUT2D eigenvalue weighted by Crippen LogP contribution is -2.49. The Hall–Kier alpha value is -3.17. The van der Waals surface area contributed by atoms with Crippen LogP contribution < -0.4 is 15.0 Å². The van der Waals surface area contributed by atoms with Gasteiger partial charge in [-0.05, 0) is 51.0 Å². The Bertz CT molecular complexity index is 1280. The number of hydrogen-bond acceptors (Lipinski definition) is 7. The van der Waals surface area contributed by atoms with Crippen LogP contribution in [0.5, 0.6) is 5.75 Å². The van der Waals surface area contributed by atoms with Crippen molar-refractivity contribution in [1.29, 1.82) is 0 Å². The fraction of sp³-hybridized carbons (Fsp3) is 0.360. The van der Waals surface area contributed by atoms with Crippen molar-refractivity contribution >= 4 is 27.5 Å². The van der Waals surface area contributed by atoms with Gasteiger partial charge in [0.05, 0.1) is 12.0 Å². The largest absolute Gasteiger partial charge is 0.496 e. The number of methoxy groups -OCH3 is 1. The van der Waals surface area contributed by atoms with Crippen molar-refractivity contribution in [1.82, 2.24) is 14.3 Å². The second-order valence-electron chi connectivity index (χ2n) is 8.66. The standard InChI is InChI=1S/C25H31N5O3S/c1-17-6-8-21(9-7-17)27-24-15-20(4)26-25(28-24)29-10-12-30(13-11-29)34(31,32)23-16-22(33-5)18(2)14-19(23)3/h6-9,14-16H,10-13H2,1-5H3,(H,26,27,28). The molecular weight excluding hydrogens is 450 g/mol. The molecule has 0 bridgehead atoms. The molecule has 9 heteroatoms. The highest BCUT2D eigenvalue weighted by molar-refractivity contribution is 7.89. The van der Waals surface area contributed by atoms with Gasteiger partial charge in [0.1, 0.15) is 11.6 Å². The molecule has 0 aliphatic carbocycles. The van der Waals surface area contributed by atoms with E-state index in [0.29, 0.717) is 48.6 Å². The molecule has 0 radical (unpaired) electrons. The third kappa shape index (κ3) is 5.00. The van der Waals surface area contributed by atoms with Crippen LogP contribution in [0.15, 0.2) is 47.4 Å². The Morgan fingerprint density at radius 2 is 1.56 bits per heavy atom.